The van der Waals surface area contributed by atoms with E-state index in [2.05, 4.69) is 35.9 Å². The average Bonchev–Trinajstić information content (AvgIpc) is 2.94. The van der Waals surface area contributed by atoms with Crippen molar-refractivity contribution >= 4 is 10.9 Å². The highest BCUT2D eigenvalue weighted by molar-refractivity contribution is 5.95. The Morgan fingerprint density at radius 2 is 1.58 bits per heavy atom. The lowest BCUT2D eigenvalue weighted by atomic mass is 10.2. The molecule has 0 atom stereocenters. The molecule has 0 radical (unpaired) electrons. The molecule has 0 spiro atoms. The fourth-order valence-corrected chi connectivity index (χ4v) is 2.81. The molecule has 0 saturated carbocycles. The second-order valence-electron chi connectivity index (χ2n) is 6.22. The predicted molar refractivity (Wildman–Crippen MR) is 97.7 cm³/mol. The first-order chi connectivity index (χ1) is 11.5. The Morgan fingerprint density at radius 1 is 0.875 bits per heavy atom. The van der Waals surface area contributed by atoms with Crippen molar-refractivity contribution in [3.8, 4) is 17.2 Å². The summed E-state index contributed by atoms with van der Waals surface area (Å²) >= 11 is 0. The number of aromatic nitrogens is 1. The zero-order valence-corrected chi connectivity index (χ0v) is 15.6. The first-order valence-corrected chi connectivity index (χ1v) is 8.14. The van der Waals surface area contributed by atoms with Gasteiger partial charge in [0.25, 0.3) is 0 Å². The monoisotopic (exact) mass is 335 g/mol. The summed E-state index contributed by atoms with van der Waals surface area (Å²) in [5.41, 5.74) is 2.08. The molecule has 2 aromatic rings. The molecule has 1 heterocycles. The van der Waals surface area contributed by atoms with Crippen molar-refractivity contribution < 1.29 is 14.2 Å². The zero-order valence-electron chi connectivity index (χ0n) is 15.6. The third-order valence-corrected chi connectivity index (χ3v) is 4.21. The van der Waals surface area contributed by atoms with Crippen molar-refractivity contribution in [1.82, 2.24) is 14.8 Å². The van der Waals surface area contributed by atoms with Gasteiger partial charge in [-0.3, -0.25) is 0 Å². The standard InChI is InChI=1S/C18H29N3O3/c1-20(2)11-12-21(3)10-9-14-17(23-5)16-13(19-14)7-8-15(22-4)18(16)24-6/h7-8,19H,9-12H2,1-6H3. The minimum atomic E-state index is 0.704. The number of nitrogens with zero attached hydrogens (tertiary/aromatic N) is 2. The minimum absolute atomic E-state index is 0.704. The van der Waals surface area contributed by atoms with Crippen LogP contribution in [0.1, 0.15) is 5.69 Å². The van der Waals surface area contributed by atoms with Crippen LogP contribution in [0, 0.1) is 0 Å². The van der Waals surface area contributed by atoms with Gasteiger partial charge in [0, 0.05) is 26.1 Å². The van der Waals surface area contributed by atoms with Gasteiger partial charge in [0.15, 0.2) is 17.2 Å². The molecule has 1 N–H and O–H groups in total. The highest BCUT2D eigenvalue weighted by Crippen LogP contribution is 2.42. The third kappa shape index (κ3) is 3.94. The number of hydrogen-bond acceptors (Lipinski definition) is 5. The van der Waals surface area contributed by atoms with Gasteiger partial charge in [-0.2, -0.15) is 0 Å². The molecular weight excluding hydrogens is 306 g/mol. The predicted octanol–water partition coefficient (Wildman–Crippen LogP) is 2.23. The summed E-state index contributed by atoms with van der Waals surface area (Å²) in [6.45, 7) is 3.04. The van der Waals surface area contributed by atoms with Crippen LogP contribution in [0.3, 0.4) is 0 Å². The molecule has 6 nitrogen and oxygen atoms in total. The molecule has 6 heteroatoms. The molecule has 134 valence electrons. The maximum atomic E-state index is 5.68. The summed E-state index contributed by atoms with van der Waals surface area (Å²) in [5.74, 6) is 2.24. The summed E-state index contributed by atoms with van der Waals surface area (Å²) < 4.78 is 16.6. The van der Waals surface area contributed by atoms with Crippen molar-refractivity contribution in [2.45, 2.75) is 6.42 Å². The molecular formula is C18H29N3O3. The molecule has 24 heavy (non-hydrogen) atoms. The van der Waals surface area contributed by atoms with E-state index in [-0.39, 0.29) is 0 Å². The van der Waals surface area contributed by atoms with Crippen molar-refractivity contribution in [3.05, 3.63) is 17.8 Å². The fraction of sp³-hybridized carbons (Fsp3) is 0.556. The van der Waals surface area contributed by atoms with Gasteiger partial charge in [0.05, 0.1) is 37.9 Å². The first kappa shape index (κ1) is 18.4. The van der Waals surface area contributed by atoms with E-state index >= 15 is 0 Å². The summed E-state index contributed by atoms with van der Waals surface area (Å²) in [5, 5.41) is 0.935. The van der Waals surface area contributed by atoms with Gasteiger partial charge in [-0.25, -0.2) is 0 Å². The van der Waals surface area contributed by atoms with Crippen molar-refractivity contribution in [3.63, 3.8) is 0 Å². The van der Waals surface area contributed by atoms with Gasteiger partial charge in [0.2, 0.25) is 0 Å². The first-order valence-electron chi connectivity index (χ1n) is 8.14. The molecule has 1 aromatic heterocycles. The van der Waals surface area contributed by atoms with Crippen LogP contribution in [0.5, 0.6) is 17.2 Å². The lowest BCUT2D eigenvalue weighted by molar-refractivity contribution is 0.283. The Kier molecular flexibility index (Phi) is 6.34. The van der Waals surface area contributed by atoms with E-state index in [0.29, 0.717) is 11.5 Å². The Morgan fingerprint density at radius 3 is 2.17 bits per heavy atom. The molecule has 0 aliphatic carbocycles. The number of H-pyrrole nitrogens is 1. The number of rotatable bonds is 9. The third-order valence-electron chi connectivity index (χ3n) is 4.21. The molecule has 0 bridgehead atoms. The summed E-state index contributed by atoms with van der Waals surface area (Å²) in [6, 6.07) is 3.91. The number of likely N-dealkylation sites (N-methyl/N-ethyl adjacent to an activating group) is 2. The Balaban J connectivity index is 2.25. The highest BCUT2D eigenvalue weighted by Gasteiger charge is 2.19. The van der Waals surface area contributed by atoms with Gasteiger partial charge < -0.3 is 29.0 Å². The zero-order chi connectivity index (χ0) is 17.7. The number of ether oxygens (including phenoxy) is 3. The van der Waals surface area contributed by atoms with Crippen LogP contribution in [-0.2, 0) is 6.42 Å². The van der Waals surface area contributed by atoms with E-state index in [1.165, 1.54) is 0 Å². The number of aromatic amines is 1. The van der Waals surface area contributed by atoms with Gasteiger partial charge in [-0.05, 0) is 33.3 Å². The van der Waals surface area contributed by atoms with Gasteiger partial charge >= 0.3 is 0 Å². The Hall–Kier alpha value is -1.92. The molecule has 0 fully saturated rings. The Labute approximate surface area is 144 Å². The molecule has 1 aromatic carbocycles. The SMILES string of the molecule is COc1ccc2[nH]c(CCN(C)CCN(C)C)c(OC)c2c1OC. The minimum Gasteiger partial charge on any atom is -0.494 e. The summed E-state index contributed by atoms with van der Waals surface area (Å²) in [6.07, 6.45) is 0.882. The lowest BCUT2D eigenvalue weighted by Gasteiger charge is -2.19. The van der Waals surface area contributed by atoms with Crippen LogP contribution < -0.4 is 14.2 Å². The number of hydrogen-bond donors (Lipinski definition) is 1. The lowest BCUT2D eigenvalue weighted by Crippen LogP contribution is -2.30. The quantitative estimate of drug-likeness (QED) is 0.761. The molecule has 2 rings (SSSR count). The smallest absolute Gasteiger partial charge is 0.173 e. The van der Waals surface area contributed by atoms with Gasteiger partial charge in [0.1, 0.15) is 0 Å². The number of fused-ring (bicyclic) bond motifs is 1. The largest absolute Gasteiger partial charge is 0.494 e. The van der Waals surface area contributed by atoms with E-state index in [0.717, 1.165) is 48.4 Å². The van der Waals surface area contributed by atoms with Crippen LogP contribution in [0.15, 0.2) is 12.1 Å². The van der Waals surface area contributed by atoms with E-state index in [1.807, 2.05) is 12.1 Å². The molecule has 0 saturated heterocycles. The van der Waals surface area contributed by atoms with Crippen molar-refractivity contribution in [2.75, 3.05) is 62.1 Å². The van der Waals surface area contributed by atoms with Crippen LogP contribution in [0.4, 0.5) is 0 Å². The molecule has 0 amide bonds. The van der Waals surface area contributed by atoms with E-state index < -0.39 is 0 Å². The van der Waals surface area contributed by atoms with Crippen LogP contribution in [0.2, 0.25) is 0 Å². The highest BCUT2D eigenvalue weighted by atomic mass is 16.5. The summed E-state index contributed by atoms with van der Waals surface area (Å²) in [7, 11) is 11.3. The van der Waals surface area contributed by atoms with Gasteiger partial charge in [-0.15, -0.1) is 0 Å². The second kappa shape index (κ2) is 8.26. The maximum absolute atomic E-state index is 5.68. The van der Waals surface area contributed by atoms with Crippen molar-refractivity contribution in [1.29, 1.82) is 0 Å². The molecule has 0 aliphatic heterocycles. The van der Waals surface area contributed by atoms with Crippen LogP contribution >= 0.6 is 0 Å². The average molecular weight is 335 g/mol. The number of methoxy groups -OCH3 is 3. The summed E-state index contributed by atoms with van der Waals surface area (Å²) in [4.78, 5) is 7.98. The maximum Gasteiger partial charge on any atom is 0.173 e. The normalized spacial score (nSPS) is 11.5. The molecule has 0 unspecified atom stereocenters. The van der Waals surface area contributed by atoms with E-state index in [1.54, 1.807) is 21.3 Å². The van der Waals surface area contributed by atoms with Crippen LogP contribution in [0.25, 0.3) is 10.9 Å². The second-order valence-corrected chi connectivity index (χ2v) is 6.22. The van der Waals surface area contributed by atoms with E-state index in [4.69, 9.17) is 14.2 Å². The van der Waals surface area contributed by atoms with E-state index in [9.17, 15) is 0 Å². The van der Waals surface area contributed by atoms with Crippen molar-refractivity contribution in [2.24, 2.45) is 0 Å². The Bertz CT molecular complexity index is 667. The number of nitrogens with one attached hydrogen (secondary N) is 1. The fourth-order valence-electron chi connectivity index (χ4n) is 2.81. The number of benzene rings is 1. The van der Waals surface area contributed by atoms with Gasteiger partial charge in [-0.1, -0.05) is 0 Å². The topological polar surface area (TPSA) is 50.0 Å². The van der Waals surface area contributed by atoms with Crippen LogP contribution in [-0.4, -0.2) is 76.9 Å². The molecule has 0 aliphatic rings.